The van der Waals surface area contributed by atoms with E-state index in [0.29, 0.717) is 12.1 Å². The number of rotatable bonds is 4. The summed E-state index contributed by atoms with van der Waals surface area (Å²) in [4.78, 5) is 0. The first-order valence-electron chi connectivity index (χ1n) is 8.18. The summed E-state index contributed by atoms with van der Waals surface area (Å²) in [5.41, 5.74) is 3.29. The molecule has 26 heavy (non-hydrogen) atoms. The van der Waals surface area contributed by atoms with Crippen molar-refractivity contribution in [3.63, 3.8) is 0 Å². The van der Waals surface area contributed by atoms with Crippen LogP contribution in [0.1, 0.15) is 11.3 Å². The van der Waals surface area contributed by atoms with Gasteiger partial charge in [-0.1, -0.05) is 29.8 Å². The van der Waals surface area contributed by atoms with Crippen LogP contribution in [0.3, 0.4) is 0 Å². The number of aryl methyl sites for hydroxylation is 1. The average Bonchev–Trinajstić information content (AvgIpc) is 3.22. The smallest absolute Gasteiger partial charge is 0.166 e. The average molecular weight is 370 g/mol. The lowest BCUT2D eigenvalue weighted by Crippen LogP contribution is -2.00. The van der Waals surface area contributed by atoms with Crippen LogP contribution >= 0.6 is 11.6 Å². The Kier molecular flexibility index (Phi) is 4.17. The van der Waals surface area contributed by atoms with E-state index in [0.717, 1.165) is 28.1 Å². The molecule has 0 saturated carbocycles. The van der Waals surface area contributed by atoms with E-state index >= 15 is 0 Å². The zero-order valence-corrected chi connectivity index (χ0v) is 15.2. The number of hydrogen-bond acceptors (Lipinski definition) is 2. The topological polar surface area (TPSA) is 32.0 Å². The van der Waals surface area contributed by atoms with E-state index in [4.69, 9.17) is 16.3 Å². The quantitative estimate of drug-likeness (QED) is 0.508. The fourth-order valence-electron chi connectivity index (χ4n) is 3.17. The van der Waals surface area contributed by atoms with E-state index in [1.54, 1.807) is 19.4 Å². The van der Waals surface area contributed by atoms with Gasteiger partial charge >= 0.3 is 0 Å². The molecule has 0 radical (unpaired) electrons. The molecule has 2 heterocycles. The van der Waals surface area contributed by atoms with Crippen LogP contribution in [0.5, 0.6) is 5.75 Å². The molecule has 0 bridgehead atoms. The maximum Gasteiger partial charge on any atom is 0.166 e. The van der Waals surface area contributed by atoms with Crippen LogP contribution in [0.25, 0.3) is 16.6 Å². The molecule has 2 aromatic heterocycles. The second kappa shape index (κ2) is 6.50. The van der Waals surface area contributed by atoms with Gasteiger partial charge in [-0.05, 0) is 36.8 Å². The van der Waals surface area contributed by atoms with Crippen molar-refractivity contribution in [3.05, 3.63) is 77.0 Å². The molecule has 4 nitrogen and oxygen atoms in total. The van der Waals surface area contributed by atoms with Crippen molar-refractivity contribution in [3.8, 4) is 11.4 Å². The third-order valence-corrected chi connectivity index (χ3v) is 4.71. The van der Waals surface area contributed by atoms with E-state index in [2.05, 4.69) is 5.10 Å². The first-order valence-corrected chi connectivity index (χ1v) is 8.56. The highest BCUT2D eigenvalue weighted by Gasteiger charge is 2.15. The van der Waals surface area contributed by atoms with Crippen molar-refractivity contribution in [2.45, 2.75) is 13.5 Å². The Bertz CT molecular complexity index is 1080. The zero-order valence-electron chi connectivity index (χ0n) is 14.4. The minimum absolute atomic E-state index is 0.113. The maximum atomic E-state index is 14.6. The Labute approximate surface area is 155 Å². The fraction of sp³-hybridized carbons (Fsp3) is 0.150. The van der Waals surface area contributed by atoms with Gasteiger partial charge in [0, 0.05) is 17.3 Å². The molecule has 0 saturated heterocycles. The van der Waals surface area contributed by atoms with Crippen molar-refractivity contribution in [1.29, 1.82) is 0 Å². The van der Waals surface area contributed by atoms with Gasteiger partial charge in [0.15, 0.2) is 5.82 Å². The van der Waals surface area contributed by atoms with Gasteiger partial charge in [0.05, 0.1) is 36.1 Å². The summed E-state index contributed by atoms with van der Waals surface area (Å²) in [6.07, 6.45) is 3.63. The summed E-state index contributed by atoms with van der Waals surface area (Å²) in [6.45, 7) is 2.56. The number of methoxy groups -OCH3 is 1. The minimum Gasteiger partial charge on any atom is -0.497 e. The predicted molar refractivity (Wildman–Crippen MR) is 101 cm³/mol. The minimum atomic E-state index is -0.417. The van der Waals surface area contributed by atoms with Crippen molar-refractivity contribution in [1.82, 2.24) is 14.3 Å². The number of hydrogen-bond donors (Lipinski definition) is 0. The summed E-state index contributed by atoms with van der Waals surface area (Å²) in [7, 11) is 1.64. The summed E-state index contributed by atoms with van der Waals surface area (Å²) in [5, 5.41) is 5.34. The van der Waals surface area contributed by atoms with Crippen LogP contribution < -0.4 is 4.74 Å². The molecule has 0 aliphatic heterocycles. The van der Waals surface area contributed by atoms with Gasteiger partial charge < -0.3 is 9.30 Å². The summed E-state index contributed by atoms with van der Waals surface area (Å²) in [6, 6.07) is 13.2. The van der Waals surface area contributed by atoms with Crippen LogP contribution in [0.4, 0.5) is 4.39 Å². The van der Waals surface area contributed by atoms with Crippen LogP contribution in [0, 0.1) is 12.7 Å². The number of ether oxygens (including phenoxy) is 1. The lowest BCUT2D eigenvalue weighted by atomic mass is 10.2. The lowest BCUT2D eigenvalue weighted by Gasteiger charge is -2.07. The Morgan fingerprint density at radius 1 is 1.15 bits per heavy atom. The molecule has 0 amide bonds. The molecule has 132 valence electrons. The molecular weight excluding hydrogens is 353 g/mol. The molecule has 0 fully saturated rings. The molecule has 0 N–H and O–H groups in total. The largest absolute Gasteiger partial charge is 0.497 e. The van der Waals surface area contributed by atoms with Crippen molar-refractivity contribution >= 4 is 22.5 Å². The molecule has 0 aliphatic carbocycles. The monoisotopic (exact) mass is 369 g/mol. The van der Waals surface area contributed by atoms with Crippen molar-refractivity contribution < 1.29 is 9.13 Å². The third-order valence-electron chi connectivity index (χ3n) is 4.42. The number of fused-ring (bicyclic) bond motifs is 1. The van der Waals surface area contributed by atoms with E-state index in [-0.39, 0.29) is 5.02 Å². The van der Waals surface area contributed by atoms with Crippen LogP contribution in [0.15, 0.2) is 54.9 Å². The molecule has 6 heteroatoms. The SMILES string of the molecule is COc1ccc(Cn2cc(-n3c(C)cc4ccc(Cl)c(F)c43)cn2)cc1. The molecule has 0 spiro atoms. The first-order chi connectivity index (χ1) is 12.6. The molecule has 0 aliphatic rings. The van der Waals surface area contributed by atoms with E-state index in [9.17, 15) is 4.39 Å². The van der Waals surface area contributed by atoms with Gasteiger partial charge in [-0.25, -0.2) is 4.39 Å². The number of halogens is 2. The number of nitrogens with zero attached hydrogens (tertiary/aromatic N) is 3. The zero-order chi connectivity index (χ0) is 18.3. The maximum absolute atomic E-state index is 14.6. The summed E-state index contributed by atoms with van der Waals surface area (Å²) < 4.78 is 23.4. The number of benzene rings is 2. The molecule has 2 aromatic carbocycles. The van der Waals surface area contributed by atoms with Crippen LogP contribution in [0.2, 0.25) is 5.02 Å². The van der Waals surface area contributed by atoms with E-state index in [1.807, 2.05) is 58.8 Å². The molecule has 0 atom stereocenters. The summed E-state index contributed by atoms with van der Waals surface area (Å²) >= 11 is 5.97. The van der Waals surface area contributed by atoms with Crippen molar-refractivity contribution in [2.75, 3.05) is 7.11 Å². The first kappa shape index (κ1) is 16.7. The Balaban J connectivity index is 1.71. The van der Waals surface area contributed by atoms with Crippen LogP contribution in [-0.4, -0.2) is 21.5 Å². The molecular formula is C20H17ClFN3O. The van der Waals surface area contributed by atoms with E-state index < -0.39 is 5.82 Å². The van der Waals surface area contributed by atoms with Gasteiger partial charge in [-0.3, -0.25) is 4.68 Å². The van der Waals surface area contributed by atoms with Gasteiger partial charge in [0.2, 0.25) is 0 Å². The second-order valence-electron chi connectivity index (χ2n) is 6.16. The number of aromatic nitrogens is 3. The highest BCUT2D eigenvalue weighted by molar-refractivity contribution is 6.31. The lowest BCUT2D eigenvalue weighted by molar-refractivity contribution is 0.414. The van der Waals surface area contributed by atoms with Gasteiger partial charge in [-0.15, -0.1) is 0 Å². The van der Waals surface area contributed by atoms with Gasteiger partial charge in [0.25, 0.3) is 0 Å². The second-order valence-corrected chi connectivity index (χ2v) is 6.57. The Hall–Kier alpha value is -2.79. The molecule has 4 aromatic rings. The molecule has 0 unspecified atom stereocenters. The highest BCUT2D eigenvalue weighted by atomic mass is 35.5. The summed E-state index contributed by atoms with van der Waals surface area (Å²) in [5.74, 6) is 0.400. The van der Waals surface area contributed by atoms with Gasteiger partial charge in [-0.2, -0.15) is 5.10 Å². The normalized spacial score (nSPS) is 11.2. The standard InChI is InChI=1S/C20H17ClFN3O/c1-13-9-15-5-8-18(21)19(22)20(15)25(13)16-10-23-24(12-16)11-14-3-6-17(26-2)7-4-14/h3-10,12H,11H2,1-2H3. The molecule has 4 rings (SSSR count). The Morgan fingerprint density at radius 3 is 2.65 bits per heavy atom. The third kappa shape index (κ3) is 2.84. The van der Waals surface area contributed by atoms with E-state index in [1.165, 1.54) is 0 Å². The fourth-order valence-corrected chi connectivity index (χ4v) is 3.32. The van der Waals surface area contributed by atoms with Crippen LogP contribution in [-0.2, 0) is 6.54 Å². The predicted octanol–water partition coefficient (Wildman–Crippen LogP) is 4.98. The Morgan fingerprint density at radius 2 is 1.92 bits per heavy atom. The van der Waals surface area contributed by atoms with Crippen molar-refractivity contribution in [2.24, 2.45) is 0 Å². The highest BCUT2D eigenvalue weighted by Crippen LogP contribution is 2.30. The van der Waals surface area contributed by atoms with Gasteiger partial charge in [0.1, 0.15) is 5.75 Å².